The summed E-state index contributed by atoms with van der Waals surface area (Å²) in [6.07, 6.45) is 0. The summed E-state index contributed by atoms with van der Waals surface area (Å²) in [5, 5.41) is 11.4. The van der Waals surface area contributed by atoms with Crippen molar-refractivity contribution in [2.24, 2.45) is 0 Å². The molecule has 0 saturated carbocycles. The number of ether oxygens (including phenoxy) is 3. The van der Waals surface area contributed by atoms with Crippen molar-refractivity contribution in [3.05, 3.63) is 53.6 Å². The van der Waals surface area contributed by atoms with E-state index in [-0.39, 0.29) is 5.56 Å². The van der Waals surface area contributed by atoms with Gasteiger partial charge in [-0.15, -0.1) is 0 Å². The van der Waals surface area contributed by atoms with Crippen molar-refractivity contribution in [1.29, 1.82) is 5.26 Å². The van der Waals surface area contributed by atoms with Crippen molar-refractivity contribution in [1.82, 2.24) is 0 Å². The summed E-state index contributed by atoms with van der Waals surface area (Å²) in [6.45, 7) is 4.16. The Balaban J connectivity index is 1.98. The highest BCUT2D eigenvalue weighted by Gasteiger charge is 2.13. The normalized spacial score (nSPS) is 9.81. The Morgan fingerprint density at radius 1 is 1.04 bits per heavy atom. The number of esters is 1. The molecule has 0 bridgehead atoms. The van der Waals surface area contributed by atoms with Crippen LogP contribution in [-0.4, -0.2) is 31.7 Å². The number of nitriles is 1. The quantitative estimate of drug-likeness (QED) is 0.719. The molecule has 2 rings (SSSR count). The molecule has 0 aliphatic heterocycles. The molecule has 0 unspecified atom stereocenters. The Hall–Kier alpha value is -3.53. The first-order valence-electron chi connectivity index (χ1n) is 8.44. The van der Waals surface area contributed by atoms with E-state index >= 15 is 0 Å². The lowest BCUT2D eigenvalue weighted by atomic mass is 10.1. The number of anilines is 1. The largest absolute Gasteiger partial charge is 0.494 e. The van der Waals surface area contributed by atoms with E-state index in [9.17, 15) is 9.59 Å². The minimum Gasteiger partial charge on any atom is -0.494 e. The molecule has 0 saturated heterocycles. The molecule has 0 aromatic heterocycles. The van der Waals surface area contributed by atoms with E-state index in [4.69, 9.17) is 19.5 Å². The van der Waals surface area contributed by atoms with Gasteiger partial charge in [0.25, 0.3) is 5.91 Å². The van der Waals surface area contributed by atoms with Crippen LogP contribution in [0.25, 0.3) is 0 Å². The maximum absolute atomic E-state index is 12.1. The monoisotopic (exact) mass is 368 g/mol. The second-order valence-electron chi connectivity index (χ2n) is 5.34. The molecule has 0 fully saturated rings. The molecule has 1 amide bonds. The Morgan fingerprint density at radius 3 is 2.37 bits per heavy atom. The van der Waals surface area contributed by atoms with E-state index in [0.29, 0.717) is 36.0 Å². The fraction of sp³-hybridized carbons (Fsp3) is 0.250. The van der Waals surface area contributed by atoms with Crippen LogP contribution in [0.5, 0.6) is 11.5 Å². The van der Waals surface area contributed by atoms with Gasteiger partial charge in [-0.3, -0.25) is 4.79 Å². The highest BCUT2D eigenvalue weighted by atomic mass is 16.5. The number of carbonyl (C=O) groups excluding carboxylic acids is 2. The fourth-order valence-corrected chi connectivity index (χ4v) is 2.23. The summed E-state index contributed by atoms with van der Waals surface area (Å²) in [7, 11) is 0. The zero-order chi connectivity index (χ0) is 19.6. The number of amides is 1. The third kappa shape index (κ3) is 5.75. The standard InChI is InChI=1S/C20H20N2O5/c1-3-25-16-9-10-18(26-4-2)17(11-16)22-19(23)13-27-20(24)15-7-5-14(12-21)6-8-15/h5-11H,3-4,13H2,1-2H3,(H,22,23). The molecule has 0 aliphatic rings. The summed E-state index contributed by atoms with van der Waals surface area (Å²) in [5.41, 5.74) is 1.12. The van der Waals surface area contributed by atoms with Gasteiger partial charge in [0.1, 0.15) is 11.5 Å². The van der Waals surface area contributed by atoms with Gasteiger partial charge in [0.2, 0.25) is 0 Å². The van der Waals surface area contributed by atoms with E-state index in [0.717, 1.165) is 0 Å². The Bertz CT molecular complexity index is 840. The van der Waals surface area contributed by atoms with E-state index in [1.54, 1.807) is 18.2 Å². The van der Waals surface area contributed by atoms with Gasteiger partial charge in [0.05, 0.1) is 36.1 Å². The van der Waals surface area contributed by atoms with Crippen LogP contribution < -0.4 is 14.8 Å². The summed E-state index contributed by atoms with van der Waals surface area (Å²) >= 11 is 0. The molecule has 0 atom stereocenters. The Kier molecular flexibility index (Phi) is 7.20. The van der Waals surface area contributed by atoms with Gasteiger partial charge in [-0.2, -0.15) is 5.26 Å². The number of nitrogens with one attached hydrogen (secondary N) is 1. The zero-order valence-electron chi connectivity index (χ0n) is 15.2. The van der Waals surface area contributed by atoms with Gasteiger partial charge >= 0.3 is 5.97 Å². The van der Waals surface area contributed by atoms with Gasteiger partial charge in [0, 0.05) is 6.07 Å². The molecule has 0 aliphatic carbocycles. The SMILES string of the molecule is CCOc1ccc(OCC)c(NC(=O)COC(=O)c2ccc(C#N)cc2)c1. The van der Waals surface area contributed by atoms with Crippen molar-refractivity contribution < 1.29 is 23.8 Å². The lowest BCUT2D eigenvalue weighted by Gasteiger charge is -2.13. The van der Waals surface area contributed by atoms with Crippen LogP contribution in [0, 0.1) is 11.3 Å². The zero-order valence-corrected chi connectivity index (χ0v) is 15.2. The molecule has 0 spiro atoms. The topological polar surface area (TPSA) is 97.7 Å². The summed E-state index contributed by atoms with van der Waals surface area (Å²) in [6, 6.07) is 13.0. The molecule has 7 heteroatoms. The van der Waals surface area contributed by atoms with Crippen LogP contribution in [0.1, 0.15) is 29.8 Å². The first kappa shape index (κ1) is 19.8. The van der Waals surface area contributed by atoms with E-state index in [2.05, 4.69) is 5.32 Å². The number of hydrogen-bond acceptors (Lipinski definition) is 6. The van der Waals surface area contributed by atoms with Crippen LogP contribution in [0.15, 0.2) is 42.5 Å². The third-order valence-electron chi connectivity index (χ3n) is 3.42. The van der Waals surface area contributed by atoms with Crippen molar-refractivity contribution in [3.63, 3.8) is 0 Å². The van der Waals surface area contributed by atoms with Crippen molar-refractivity contribution in [3.8, 4) is 17.6 Å². The second-order valence-corrected chi connectivity index (χ2v) is 5.34. The Labute approximate surface area is 157 Å². The van der Waals surface area contributed by atoms with Crippen LogP contribution in [-0.2, 0) is 9.53 Å². The van der Waals surface area contributed by atoms with Gasteiger partial charge in [0.15, 0.2) is 6.61 Å². The van der Waals surface area contributed by atoms with Crippen LogP contribution >= 0.6 is 0 Å². The van der Waals surface area contributed by atoms with E-state index in [1.807, 2.05) is 19.9 Å². The maximum Gasteiger partial charge on any atom is 0.338 e. The van der Waals surface area contributed by atoms with Crippen LogP contribution in [0.3, 0.4) is 0 Å². The molecule has 1 N–H and O–H groups in total. The lowest BCUT2D eigenvalue weighted by Crippen LogP contribution is -2.21. The maximum atomic E-state index is 12.1. The smallest absolute Gasteiger partial charge is 0.338 e. The highest BCUT2D eigenvalue weighted by molar-refractivity contribution is 5.96. The molecular weight excluding hydrogens is 348 g/mol. The van der Waals surface area contributed by atoms with E-state index in [1.165, 1.54) is 24.3 Å². The minimum atomic E-state index is -0.650. The summed E-state index contributed by atoms with van der Waals surface area (Å²) in [5.74, 6) is -0.0760. The lowest BCUT2D eigenvalue weighted by molar-refractivity contribution is -0.119. The average molecular weight is 368 g/mol. The van der Waals surface area contributed by atoms with E-state index < -0.39 is 18.5 Å². The van der Waals surface area contributed by atoms with Crippen LogP contribution in [0.4, 0.5) is 5.69 Å². The molecule has 27 heavy (non-hydrogen) atoms. The van der Waals surface area contributed by atoms with Gasteiger partial charge in [-0.05, 0) is 50.2 Å². The molecule has 2 aromatic carbocycles. The van der Waals surface area contributed by atoms with Crippen LogP contribution in [0.2, 0.25) is 0 Å². The molecule has 7 nitrogen and oxygen atoms in total. The third-order valence-corrected chi connectivity index (χ3v) is 3.42. The number of benzene rings is 2. The number of nitrogens with zero attached hydrogens (tertiary/aromatic N) is 1. The summed E-state index contributed by atoms with van der Waals surface area (Å²) < 4.78 is 15.9. The predicted molar refractivity (Wildman–Crippen MR) is 98.8 cm³/mol. The van der Waals surface area contributed by atoms with Gasteiger partial charge < -0.3 is 19.5 Å². The number of carbonyl (C=O) groups is 2. The second kappa shape index (κ2) is 9.82. The predicted octanol–water partition coefficient (Wildman–Crippen LogP) is 3.15. The number of hydrogen-bond donors (Lipinski definition) is 1. The fourth-order valence-electron chi connectivity index (χ4n) is 2.23. The van der Waals surface area contributed by atoms with Gasteiger partial charge in [-0.1, -0.05) is 0 Å². The Morgan fingerprint density at radius 2 is 1.74 bits per heavy atom. The summed E-state index contributed by atoms with van der Waals surface area (Å²) in [4.78, 5) is 24.1. The first-order chi connectivity index (χ1) is 13.1. The first-order valence-corrected chi connectivity index (χ1v) is 8.44. The molecular formula is C20H20N2O5. The van der Waals surface area contributed by atoms with Crippen molar-refractivity contribution >= 4 is 17.6 Å². The minimum absolute atomic E-state index is 0.259. The molecule has 140 valence electrons. The highest BCUT2D eigenvalue weighted by Crippen LogP contribution is 2.29. The van der Waals surface area contributed by atoms with Gasteiger partial charge in [-0.25, -0.2) is 4.79 Å². The van der Waals surface area contributed by atoms with Crippen molar-refractivity contribution in [2.45, 2.75) is 13.8 Å². The molecule has 0 heterocycles. The molecule has 2 aromatic rings. The molecule has 0 radical (unpaired) electrons. The van der Waals surface area contributed by atoms with Crippen molar-refractivity contribution in [2.75, 3.05) is 25.1 Å². The number of rotatable bonds is 8. The average Bonchev–Trinajstić information content (AvgIpc) is 2.68.